The van der Waals surface area contributed by atoms with E-state index in [9.17, 15) is 0 Å². The molecule has 0 amide bonds. The summed E-state index contributed by atoms with van der Waals surface area (Å²) < 4.78 is 7.04. The first-order chi connectivity index (χ1) is 13.1. The van der Waals surface area contributed by atoms with Gasteiger partial charge in [0.25, 0.3) is 0 Å². The van der Waals surface area contributed by atoms with Gasteiger partial charge in [-0.2, -0.15) is 10.2 Å². The number of rotatable bonds is 5. The normalized spacial score (nSPS) is 10.8. The number of para-hydroxylation sites is 1. The topological polar surface area (TPSA) is 63.5 Å². The predicted molar refractivity (Wildman–Crippen MR) is 113 cm³/mol. The van der Waals surface area contributed by atoms with E-state index >= 15 is 0 Å². The second kappa shape index (κ2) is 8.46. The molecule has 7 heteroatoms. The van der Waals surface area contributed by atoms with Gasteiger partial charge in [0.05, 0.1) is 30.4 Å². The molecule has 0 aliphatic heterocycles. The molecule has 0 saturated carbocycles. The van der Waals surface area contributed by atoms with Crippen molar-refractivity contribution in [2.75, 3.05) is 12.4 Å². The molecule has 2 aromatic carbocycles. The Balaban J connectivity index is 1.65. The third-order valence-electron chi connectivity index (χ3n) is 4.06. The summed E-state index contributed by atoms with van der Waals surface area (Å²) >= 11 is 5.27. The van der Waals surface area contributed by atoms with Gasteiger partial charge in [-0.15, -0.1) is 0 Å². The molecular weight excluding hydrogens is 358 g/mol. The molecular formula is C20H21N5OS. The molecule has 6 nitrogen and oxygen atoms in total. The zero-order valence-corrected chi connectivity index (χ0v) is 16.2. The van der Waals surface area contributed by atoms with Crippen molar-refractivity contribution in [3.63, 3.8) is 0 Å². The van der Waals surface area contributed by atoms with Crippen LogP contribution in [0.1, 0.15) is 17.0 Å². The highest BCUT2D eigenvalue weighted by Crippen LogP contribution is 2.16. The molecule has 0 radical (unpaired) electrons. The van der Waals surface area contributed by atoms with Gasteiger partial charge in [-0.25, -0.2) is 4.68 Å². The number of anilines is 1. The monoisotopic (exact) mass is 379 g/mol. The Morgan fingerprint density at radius 1 is 1.11 bits per heavy atom. The second-order valence-electron chi connectivity index (χ2n) is 5.88. The smallest absolute Gasteiger partial charge is 0.191 e. The number of benzene rings is 2. The molecule has 138 valence electrons. The fraction of sp³-hybridized carbons (Fsp3) is 0.150. The van der Waals surface area contributed by atoms with Gasteiger partial charge >= 0.3 is 0 Å². The van der Waals surface area contributed by atoms with Crippen molar-refractivity contribution in [3.8, 4) is 11.4 Å². The number of aromatic nitrogens is 2. The maximum Gasteiger partial charge on any atom is 0.191 e. The number of methoxy groups -OCH3 is 1. The molecule has 3 aromatic rings. The predicted octanol–water partition coefficient (Wildman–Crippen LogP) is 3.82. The van der Waals surface area contributed by atoms with Crippen LogP contribution in [-0.4, -0.2) is 28.2 Å². The van der Waals surface area contributed by atoms with Crippen molar-refractivity contribution in [2.24, 2.45) is 5.10 Å². The van der Waals surface area contributed by atoms with Crippen molar-refractivity contribution >= 4 is 29.2 Å². The summed E-state index contributed by atoms with van der Waals surface area (Å²) in [5.41, 5.74) is 7.57. The first kappa shape index (κ1) is 18.6. The van der Waals surface area contributed by atoms with E-state index in [0.29, 0.717) is 5.11 Å². The Kier molecular flexibility index (Phi) is 5.83. The maximum absolute atomic E-state index is 5.27. The van der Waals surface area contributed by atoms with E-state index in [1.165, 1.54) is 0 Å². The number of aryl methyl sites for hydroxylation is 1. The van der Waals surface area contributed by atoms with Gasteiger partial charge in [0.15, 0.2) is 5.11 Å². The average molecular weight is 379 g/mol. The fourth-order valence-electron chi connectivity index (χ4n) is 2.65. The van der Waals surface area contributed by atoms with Crippen molar-refractivity contribution < 1.29 is 4.74 Å². The molecule has 27 heavy (non-hydrogen) atoms. The third-order valence-corrected chi connectivity index (χ3v) is 4.25. The van der Waals surface area contributed by atoms with Crippen LogP contribution in [0.2, 0.25) is 0 Å². The van der Waals surface area contributed by atoms with E-state index in [2.05, 4.69) is 20.9 Å². The highest BCUT2D eigenvalue weighted by molar-refractivity contribution is 7.80. The Labute approximate surface area is 163 Å². The number of ether oxygens (including phenoxy) is 1. The van der Waals surface area contributed by atoms with Crippen LogP contribution in [0.5, 0.6) is 5.75 Å². The molecule has 0 unspecified atom stereocenters. The second-order valence-corrected chi connectivity index (χ2v) is 6.29. The molecule has 0 spiro atoms. The zero-order chi connectivity index (χ0) is 19.2. The molecule has 1 aromatic heterocycles. The zero-order valence-electron chi connectivity index (χ0n) is 15.4. The number of nitrogens with zero attached hydrogens (tertiary/aromatic N) is 3. The molecule has 0 aliphatic rings. The minimum Gasteiger partial charge on any atom is -0.497 e. The number of nitrogens with one attached hydrogen (secondary N) is 2. The van der Waals surface area contributed by atoms with Gasteiger partial charge in [-0.1, -0.05) is 18.2 Å². The lowest BCUT2D eigenvalue weighted by Crippen LogP contribution is -2.23. The highest BCUT2D eigenvalue weighted by Gasteiger charge is 2.10. The molecule has 0 aliphatic carbocycles. The van der Waals surface area contributed by atoms with E-state index in [-0.39, 0.29) is 0 Å². The van der Waals surface area contributed by atoms with Crippen LogP contribution in [0.15, 0.2) is 59.7 Å². The first-order valence-corrected chi connectivity index (χ1v) is 8.85. The van der Waals surface area contributed by atoms with Crippen molar-refractivity contribution in [1.29, 1.82) is 0 Å². The number of hydrazone groups is 1. The van der Waals surface area contributed by atoms with Crippen molar-refractivity contribution in [1.82, 2.24) is 15.2 Å². The number of thiocarbonyl (C=S) groups is 1. The Hall–Kier alpha value is -3.19. The average Bonchev–Trinajstić information content (AvgIpc) is 2.97. The molecule has 0 saturated heterocycles. The minimum absolute atomic E-state index is 0.405. The lowest BCUT2D eigenvalue weighted by molar-refractivity contribution is 0.415. The van der Waals surface area contributed by atoms with Crippen molar-refractivity contribution in [2.45, 2.75) is 13.8 Å². The number of hydrogen-bond donors (Lipinski definition) is 2. The third kappa shape index (κ3) is 4.51. The van der Waals surface area contributed by atoms with Gasteiger partial charge in [-0.05, 0) is 62.5 Å². The largest absolute Gasteiger partial charge is 0.497 e. The summed E-state index contributed by atoms with van der Waals surface area (Å²) in [5, 5.41) is 12.3. The van der Waals surface area contributed by atoms with Crippen LogP contribution in [0, 0.1) is 13.8 Å². The fourth-order valence-corrected chi connectivity index (χ4v) is 2.82. The van der Waals surface area contributed by atoms with E-state index in [0.717, 1.165) is 34.1 Å². The van der Waals surface area contributed by atoms with E-state index in [4.69, 9.17) is 17.0 Å². The summed E-state index contributed by atoms with van der Waals surface area (Å²) in [5.74, 6) is 0.791. The molecule has 0 bridgehead atoms. The summed E-state index contributed by atoms with van der Waals surface area (Å²) in [6.07, 6.45) is 1.74. The van der Waals surface area contributed by atoms with Crippen LogP contribution in [-0.2, 0) is 0 Å². The van der Waals surface area contributed by atoms with E-state index < -0.39 is 0 Å². The van der Waals surface area contributed by atoms with Gasteiger partial charge in [0.1, 0.15) is 5.75 Å². The lowest BCUT2D eigenvalue weighted by atomic mass is 10.2. The van der Waals surface area contributed by atoms with Crippen LogP contribution in [0.4, 0.5) is 5.69 Å². The van der Waals surface area contributed by atoms with Gasteiger partial charge in [0, 0.05) is 11.3 Å². The molecule has 0 atom stereocenters. The lowest BCUT2D eigenvalue weighted by Gasteiger charge is -2.07. The summed E-state index contributed by atoms with van der Waals surface area (Å²) in [6.45, 7) is 3.98. The Bertz CT molecular complexity index is 949. The van der Waals surface area contributed by atoms with Crippen LogP contribution >= 0.6 is 12.2 Å². The Morgan fingerprint density at radius 2 is 1.81 bits per heavy atom. The standard InChI is InChI=1S/C20H21N5OS/c1-14-19(15(2)25(24-14)17-7-5-4-6-8-17)13-21-23-20(27)22-16-9-11-18(26-3)12-10-16/h4-13H,1-3H3,(H2,22,23,27)/b21-13-. The molecule has 0 fully saturated rings. The van der Waals surface area contributed by atoms with Gasteiger partial charge in [0.2, 0.25) is 0 Å². The minimum atomic E-state index is 0.405. The molecule has 1 heterocycles. The van der Waals surface area contributed by atoms with Gasteiger partial charge < -0.3 is 10.1 Å². The van der Waals surface area contributed by atoms with Crippen LogP contribution in [0.25, 0.3) is 5.69 Å². The van der Waals surface area contributed by atoms with Crippen LogP contribution in [0.3, 0.4) is 0 Å². The Morgan fingerprint density at radius 3 is 2.48 bits per heavy atom. The molecule has 3 rings (SSSR count). The summed E-state index contributed by atoms with van der Waals surface area (Å²) in [6, 6.07) is 17.5. The van der Waals surface area contributed by atoms with Crippen LogP contribution < -0.4 is 15.5 Å². The summed E-state index contributed by atoms with van der Waals surface area (Å²) in [4.78, 5) is 0. The molecule has 2 N–H and O–H groups in total. The van der Waals surface area contributed by atoms with E-state index in [1.807, 2.05) is 73.1 Å². The van der Waals surface area contributed by atoms with Gasteiger partial charge in [-0.3, -0.25) is 5.43 Å². The SMILES string of the molecule is COc1ccc(NC(=S)N/N=C\c2c(C)nn(-c3ccccc3)c2C)cc1. The first-order valence-electron chi connectivity index (χ1n) is 8.44. The van der Waals surface area contributed by atoms with E-state index in [1.54, 1.807) is 13.3 Å². The summed E-state index contributed by atoms with van der Waals surface area (Å²) in [7, 11) is 1.63. The van der Waals surface area contributed by atoms with Crippen molar-refractivity contribution in [3.05, 3.63) is 71.5 Å². The number of hydrogen-bond acceptors (Lipinski definition) is 4. The quantitative estimate of drug-likeness (QED) is 0.401. The highest BCUT2D eigenvalue weighted by atomic mass is 32.1. The maximum atomic E-state index is 5.27.